The molecule has 134 valence electrons. The lowest BCUT2D eigenvalue weighted by molar-refractivity contribution is -0.115. The highest BCUT2D eigenvalue weighted by Gasteiger charge is 2.20. The molecule has 0 unspecified atom stereocenters. The number of carbonyl (C=O) groups excluding carboxylic acids is 1. The van der Waals surface area contributed by atoms with Crippen LogP contribution in [0.15, 0.2) is 54.6 Å². The lowest BCUT2D eigenvalue weighted by Gasteiger charge is -2.19. The molecular weight excluding hydrogens is 336 g/mol. The number of nitrogens with zero attached hydrogens (tertiary/aromatic N) is 1. The number of carbonyl (C=O) groups is 1. The number of hydrogen-bond acceptors (Lipinski definition) is 3. The monoisotopic (exact) mass is 360 g/mol. The number of para-hydroxylation sites is 2. The molecule has 0 radical (unpaired) electrons. The minimum absolute atomic E-state index is 0.0913. The van der Waals surface area contributed by atoms with Crippen LogP contribution in [0, 0.1) is 0 Å². The average molecular weight is 360 g/mol. The number of anilines is 2. The molecule has 0 aliphatic carbocycles. The van der Waals surface area contributed by atoms with E-state index in [2.05, 4.69) is 5.32 Å². The van der Waals surface area contributed by atoms with Gasteiger partial charge in [-0.2, -0.15) is 0 Å². The van der Waals surface area contributed by atoms with Gasteiger partial charge in [-0.25, -0.2) is 8.42 Å². The summed E-state index contributed by atoms with van der Waals surface area (Å²) in [5.74, 6) is -0.281. The van der Waals surface area contributed by atoms with Gasteiger partial charge in [-0.3, -0.25) is 9.10 Å². The van der Waals surface area contributed by atoms with Crippen LogP contribution in [0.25, 0.3) is 0 Å². The summed E-state index contributed by atoms with van der Waals surface area (Å²) in [4.78, 5) is 12.2. The summed E-state index contributed by atoms with van der Waals surface area (Å²) in [6.07, 6.45) is -0.0913. The van der Waals surface area contributed by atoms with E-state index in [4.69, 9.17) is 0 Å². The highest BCUT2D eigenvalue weighted by Crippen LogP contribution is 2.24. The smallest absolute Gasteiger partial charge is 0.235 e. The predicted molar refractivity (Wildman–Crippen MR) is 102 cm³/mol. The van der Waals surface area contributed by atoms with E-state index in [1.807, 2.05) is 44.2 Å². The largest absolute Gasteiger partial charge is 0.326 e. The number of rotatable bonds is 7. The predicted octanol–water partition coefficient (Wildman–Crippen LogP) is 3.60. The normalized spacial score (nSPS) is 11.4. The summed E-state index contributed by atoms with van der Waals surface area (Å²) in [5, 5.41) is 2.82. The molecule has 2 rings (SSSR count). The maximum atomic E-state index is 12.4. The van der Waals surface area contributed by atoms with Crippen molar-refractivity contribution in [2.24, 2.45) is 0 Å². The molecule has 2 aromatic carbocycles. The first kappa shape index (κ1) is 19.0. The number of benzene rings is 2. The van der Waals surface area contributed by atoms with Crippen LogP contribution in [0.4, 0.5) is 11.4 Å². The second kappa shape index (κ2) is 8.16. The summed E-state index contributed by atoms with van der Waals surface area (Å²) in [5.41, 5.74) is 2.34. The topological polar surface area (TPSA) is 66.5 Å². The molecule has 0 aliphatic rings. The maximum Gasteiger partial charge on any atom is 0.235 e. The van der Waals surface area contributed by atoms with Gasteiger partial charge in [0.05, 0.1) is 11.4 Å². The molecule has 0 heterocycles. The van der Waals surface area contributed by atoms with Crippen LogP contribution in [0.5, 0.6) is 0 Å². The zero-order chi connectivity index (χ0) is 18.4. The van der Waals surface area contributed by atoms with Crippen LogP contribution in [0.2, 0.25) is 0 Å². The van der Waals surface area contributed by atoms with Crippen LogP contribution >= 0.6 is 0 Å². The minimum Gasteiger partial charge on any atom is -0.326 e. The maximum absolute atomic E-state index is 12.4. The van der Waals surface area contributed by atoms with Crippen LogP contribution < -0.4 is 9.62 Å². The van der Waals surface area contributed by atoms with E-state index in [1.54, 1.807) is 24.3 Å². The first-order valence-corrected chi connectivity index (χ1v) is 9.82. The Bertz CT molecular complexity index is 818. The van der Waals surface area contributed by atoms with Crippen molar-refractivity contribution < 1.29 is 13.2 Å². The third-order valence-corrected chi connectivity index (χ3v) is 5.75. The van der Waals surface area contributed by atoms with Crippen LogP contribution in [-0.4, -0.2) is 27.1 Å². The summed E-state index contributed by atoms with van der Waals surface area (Å²) < 4.78 is 26.0. The molecule has 5 nitrogen and oxygen atoms in total. The van der Waals surface area contributed by atoms with Crippen molar-refractivity contribution in [1.29, 1.82) is 0 Å². The highest BCUT2D eigenvalue weighted by atomic mass is 32.2. The zero-order valence-corrected chi connectivity index (χ0v) is 15.6. The molecule has 2 aromatic rings. The quantitative estimate of drug-likeness (QED) is 0.820. The Kier molecular flexibility index (Phi) is 6.20. The average Bonchev–Trinajstić information content (AvgIpc) is 2.60. The van der Waals surface area contributed by atoms with Gasteiger partial charge in [0.15, 0.2) is 0 Å². The molecule has 0 spiro atoms. The second-order valence-electron chi connectivity index (χ2n) is 6.16. The molecule has 0 atom stereocenters. The molecule has 0 bridgehead atoms. The van der Waals surface area contributed by atoms with Gasteiger partial charge < -0.3 is 5.32 Å². The van der Waals surface area contributed by atoms with Crippen molar-refractivity contribution in [3.8, 4) is 0 Å². The van der Waals surface area contributed by atoms with Gasteiger partial charge in [-0.1, -0.05) is 50.2 Å². The van der Waals surface area contributed by atoms with E-state index >= 15 is 0 Å². The van der Waals surface area contributed by atoms with E-state index in [9.17, 15) is 13.2 Å². The number of amides is 1. The molecule has 6 heteroatoms. The summed E-state index contributed by atoms with van der Waals surface area (Å²) >= 11 is 0. The Morgan fingerprint density at radius 2 is 1.64 bits per heavy atom. The Morgan fingerprint density at radius 1 is 1.04 bits per heavy atom. The Hall–Kier alpha value is -2.34. The lowest BCUT2D eigenvalue weighted by Crippen LogP contribution is -2.30. The lowest BCUT2D eigenvalue weighted by atomic mass is 10.0. The van der Waals surface area contributed by atoms with Crippen molar-refractivity contribution in [3.05, 3.63) is 60.2 Å². The summed E-state index contributed by atoms with van der Waals surface area (Å²) in [6, 6.07) is 16.4. The van der Waals surface area contributed by atoms with Gasteiger partial charge >= 0.3 is 0 Å². The van der Waals surface area contributed by atoms with Crippen molar-refractivity contribution in [3.63, 3.8) is 0 Å². The highest BCUT2D eigenvalue weighted by molar-refractivity contribution is 7.92. The van der Waals surface area contributed by atoms with Crippen molar-refractivity contribution in [2.45, 2.75) is 26.2 Å². The summed E-state index contributed by atoms with van der Waals surface area (Å²) in [6.45, 7) is 4.09. The van der Waals surface area contributed by atoms with E-state index in [0.29, 0.717) is 5.69 Å². The SMILES string of the molecule is CC(C)c1ccccc1NC(=O)CCS(=O)(=O)N(C)c1ccccc1. The van der Waals surface area contributed by atoms with Gasteiger partial charge in [0, 0.05) is 19.2 Å². The minimum atomic E-state index is -3.55. The fourth-order valence-electron chi connectivity index (χ4n) is 2.48. The van der Waals surface area contributed by atoms with Gasteiger partial charge in [-0.05, 0) is 29.7 Å². The molecule has 0 fully saturated rings. The van der Waals surface area contributed by atoms with E-state index < -0.39 is 10.0 Å². The molecule has 0 aromatic heterocycles. The first-order chi connectivity index (χ1) is 11.8. The Morgan fingerprint density at radius 3 is 2.28 bits per heavy atom. The van der Waals surface area contributed by atoms with Gasteiger partial charge in [0.1, 0.15) is 0 Å². The van der Waals surface area contributed by atoms with Gasteiger partial charge in [0.25, 0.3) is 0 Å². The molecule has 1 N–H and O–H groups in total. The van der Waals surface area contributed by atoms with Gasteiger partial charge in [0.2, 0.25) is 15.9 Å². The Labute approximate surface area is 149 Å². The van der Waals surface area contributed by atoms with E-state index in [0.717, 1.165) is 11.3 Å². The standard InChI is InChI=1S/C19H24N2O3S/c1-15(2)17-11-7-8-12-18(17)20-19(22)13-14-25(23,24)21(3)16-9-5-4-6-10-16/h4-12,15H,13-14H2,1-3H3,(H,20,22). The number of hydrogen-bond donors (Lipinski definition) is 1. The zero-order valence-electron chi connectivity index (χ0n) is 14.8. The third kappa shape index (κ3) is 5.06. The Balaban J connectivity index is 2.00. The second-order valence-corrected chi connectivity index (χ2v) is 8.28. The fourth-order valence-corrected chi connectivity index (χ4v) is 3.64. The van der Waals surface area contributed by atoms with E-state index in [1.165, 1.54) is 11.4 Å². The third-order valence-electron chi connectivity index (χ3n) is 3.98. The van der Waals surface area contributed by atoms with Gasteiger partial charge in [-0.15, -0.1) is 0 Å². The number of nitrogens with one attached hydrogen (secondary N) is 1. The molecule has 0 aliphatic heterocycles. The van der Waals surface area contributed by atoms with Crippen molar-refractivity contribution in [2.75, 3.05) is 22.4 Å². The van der Waals surface area contributed by atoms with Crippen molar-refractivity contribution in [1.82, 2.24) is 0 Å². The molecule has 0 saturated carbocycles. The van der Waals surface area contributed by atoms with Crippen LogP contribution in [0.3, 0.4) is 0 Å². The molecular formula is C19H24N2O3S. The van der Waals surface area contributed by atoms with Crippen LogP contribution in [0.1, 0.15) is 31.7 Å². The first-order valence-electron chi connectivity index (χ1n) is 8.21. The summed E-state index contributed by atoms with van der Waals surface area (Å²) in [7, 11) is -2.06. The molecule has 1 amide bonds. The molecule has 25 heavy (non-hydrogen) atoms. The van der Waals surface area contributed by atoms with E-state index in [-0.39, 0.29) is 24.0 Å². The number of sulfonamides is 1. The van der Waals surface area contributed by atoms with Crippen molar-refractivity contribution >= 4 is 27.3 Å². The molecule has 0 saturated heterocycles. The van der Waals surface area contributed by atoms with Crippen LogP contribution in [-0.2, 0) is 14.8 Å². The fraction of sp³-hybridized carbons (Fsp3) is 0.316.